The van der Waals surface area contributed by atoms with Gasteiger partial charge in [0.05, 0.1) is 0 Å². The number of rotatable bonds is 7. The van der Waals surface area contributed by atoms with Crippen LogP contribution in [0.4, 0.5) is 0 Å². The maximum absolute atomic E-state index is 5.65. The Balaban J connectivity index is 3.05. The van der Waals surface area contributed by atoms with Crippen LogP contribution in [0.25, 0.3) is 0 Å². The van der Waals surface area contributed by atoms with Gasteiger partial charge in [-0.3, -0.25) is 0 Å². The van der Waals surface area contributed by atoms with Gasteiger partial charge in [0.2, 0.25) is 0 Å². The van der Waals surface area contributed by atoms with Crippen LogP contribution >= 0.6 is 0 Å². The van der Waals surface area contributed by atoms with Crippen LogP contribution in [0.3, 0.4) is 0 Å². The van der Waals surface area contributed by atoms with Crippen molar-refractivity contribution in [2.45, 2.75) is 46.6 Å². The van der Waals surface area contributed by atoms with E-state index in [9.17, 15) is 0 Å². The van der Waals surface area contributed by atoms with E-state index in [1.54, 1.807) is 0 Å². The van der Waals surface area contributed by atoms with Gasteiger partial charge in [-0.1, -0.05) is 13.8 Å². The molecule has 0 aliphatic rings. The summed E-state index contributed by atoms with van der Waals surface area (Å²) in [7, 11) is 0. The first-order chi connectivity index (χ1) is 8.26. The highest BCUT2D eigenvalue weighted by atomic mass is 16.5. The van der Waals surface area contributed by atoms with Gasteiger partial charge in [0.25, 0.3) is 0 Å². The molecule has 1 aromatic heterocycles. The van der Waals surface area contributed by atoms with Gasteiger partial charge < -0.3 is 10.5 Å². The van der Waals surface area contributed by atoms with Crippen LogP contribution in [0.1, 0.15) is 43.5 Å². The van der Waals surface area contributed by atoms with Crippen molar-refractivity contribution in [3.05, 3.63) is 22.8 Å². The maximum atomic E-state index is 5.65. The summed E-state index contributed by atoms with van der Waals surface area (Å²) < 4.78 is 5.37. The zero-order valence-corrected chi connectivity index (χ0v) is 11.1. The second kappa shape index (κ2) is 7.35. The summed E-state index contributed by atoms with van der Waals surface area (Å²) in [4.78, 5) is 9.13. The minimum absolute atomic E-state index is 0.499. The Bertz CT molecular complexity index is 328. The van der Waals surface area contributed by atoms with E-state index in [-0.39, 0.29) is 0 Å². The molecule has 0 aliphatic carbocycles. The molecule has 0 bridgehead atoms. The fraction of sp³-hybridized carbons (Fsp3) is 0.692. The molecule has 0 atom stereocenters. The Hall–Kier alpha value is -1.00. The number of aromatic nitrogens is 2. The molecule has 1 aromatic rings. The van der Waals surface area contributed by atoms with Crippen LogP contribution in [0, 0.1) is 0 Å². The highest BCUT2D eigenvalue weighted by Crippen LogP contribution is 2.14. The van der Waals surface area contributed by atoms with E-state index in [1.807, 2.05) is 6.92 Å². The molecule has 96 valence electrons. The molecule has 4 heteroatoms. The van der Waals surface area contributed by atoms with Crippen molar-refractivity contribution in [3.63, 3.8) is 0 Å². The van der Waals surface area contributed by atoms with Crippen LogP contribution in [0.2, 0.25) is 0 Å². The third-order valence-electron chi connectivity index (χ3n) is 2.72. The van der Waals surface area contributed by atoms with Crippen molar-refractivity contribution >= 4 is 0 Å². The quantitative estimate of drug-likeness (QED) is 0.783. The van der Waals surface area contributed by atoms with Crippen LogP contribution < -0.4 is 5.73 Å². The first kappa shape index (κ1) is 14.1. The highest BCUT2D eigenvalue weighted by molar-refractivity contribution is 5.27. The Morgan fingerprint density at radius 2 is 1.65 bits per heavy atom. The van der Waals surface area contributed by atoms with Gasteiger partial charge in [-0.2, -0.15) is 0 Å². The minimum Gasteiger partial charge on any atom is -0.374 e. The smallest absolute Gasteiger partial charge is 0.154 e. The van der Waals surface area contributed by atoms with E-state index >= 15 is 0 Å². The second-order valence-electron chi connectivity index (χ2n) is 3.89. The minimum atomic E-state index is 0.499. The van der Waals surface area contributed by atoms with Gasteiger partial charge >= 0.3 is 0 Å². The molecule has 0 radical (unpaired) electrons. The van der Waals surface area contributed by atoms with Crippen molar-refractivity contribution < 1.29 is 4.74 Å². The van der Waals surface area contributed by atoms with Crippen LogP contribution in [0.15, 0.2) is 0 Å². The predicted octanol–water partition coefficient (Wildman–Crippen LogP) is 1.64. The average molecular weight is 237 g/mol. The fourth-order valence-electron chi connectivity index (χ4n) is 1.91. The van der Waals surface area contributed by atoms with E-state index < -0.39 is 0 Å². The average Bonchev–Trinajstić information content (AvgIpc) is 2.37. The standard InChI is InChI=1S/C13H23N3O/c1-4-11-10(7-8-14)12(5-2)16-13(15-11)9-17-6-3/h4-9,14H2,1-3H3. The fourth-order valence-corrected chi connectivity index (χ4v) is 1.91. The second-order valence-corrected chi connectivity index (χ2v) is 3.89. The zero-order valence-electron chi connectivity index (χ0n) is 11.1. The van der Waals surface area contributed by atoms with E-state index in [0.29, 0.717) is 19.8 Å². The number of aryl methyl sites for hydroxylation is 2. The molecule has 0 aromatic carbocycles. The summed E-state index contributed by atoms with van der Waals surface area (Å²) >= 11 is 0. The summed E-state index contributed by atoms with van der Waals surface area (Å²) in [6.45, 7) is 8.05. The highest BCUT2D eigenvalue weighted by Gasteiger charge is 2.11. The first-order valence-corrected chi connectivity index (χ1v) is 6.42. The molecular formula is C13H23N3O. The van der Waals surface area contributed by atoms with Crippen molar-refractivity contribution in [3.8, 4) is 0 Å². The summed E-state index contributed by atoms with van der Waals surface area (Å²) in [5.41, 5.74) is 9.12. The lowest BCUT2D eigenvalue weighted by Crippen LogP contribution is -2.14. The monoisotopic (exact) mass is 237 g/mol. The largest absolute Gasteiger partial charge is 0.374 e. The van der Waals surface area contributed by atoms with Gasteiger partial charge in [0.1, 0.15) is 6.61 Å². The molecule has 2 N–H and O–H groups in total. The van der Waals surface area contributed by atoms with Crippen LogP contribution in [-0.4, -0.2) is 23.1 Å². The first-order valence-electron chi connectivity index (χ1n) is 6.42. The van der Waals surface area contributed by atoms with Gasteiger partial charge in [-0.15, -0.1) is 0 Å². The number of nitrogens with two attached hydrogens (primary N) is 1. The summed E-state index contributed by atoms with van der Waals surface area (Å²) in [6, 6.07) is 0. The van der Waals surface area contributed by atoms with E-state index in [1.165, 1.54) is 5.56 Å². The van der Waals surface area contributed by atoms with Crippen molar-refractivity contribution in [1.29, 1.82) is 0 Å². The van der Waals surface area contributed by atoms with Crippen molar-refractivity contribution in [2.75, 3.05) is 13.2 Å². The normalized spacial score (nSPS) is 10.8. The molecule has 0 saturated carbocycles. The number of hydrogen-bond acceptors (Lipinski definition) is 4. The van der Waals surface area contributed by atoms with Crippen LogP contribution in [-0.2, 0) is 30.6 Å². The third-order valence-corrected chi connectivity index (χ3v) is 2.72. The summed E-state index contributed by atoms with van der Waals surface area (Å²) in [6.07, 6.45) is 2.70. The molecule has 0 fully saturated rings. The predicted molar refractivity (Wildman–Crippen MR) is 68.9 cm³/mol. The SMILES string of the molecule is CCOCc1nc(CC)c(CCN)c(CC)n1. The molecule has 0 saturated heterocycles. The summed E-state index contributed by atoms with van der Waals surface area (Å²) in [5.74, 6) is 0.793. The molecule has 4 nitrogen and oxygen atoms in total. The zero-order chi connectivity index (χ0) is 12.7. The lowest BCUT2D eigenvalue weighted by molar-refractivity contribution is 0.128. The van der Waals surface area contributed by atoms with E-state index in [4.69, 9.17) is 10.5 Å². The van der Waals surface area contributed by atoms with Gasteiger partial charge in [-0.05, 0) is 38.3 Å². The molecule has 1 heterocycles. The summed E-state index contributed by atoms with van der Waals surface area (Å²) in [5, 5.41) is 0. The topological polar surface area (TPSA) is 61.0 Å². The lowest BCUT2D eigenvalue weighted by atomic mass is 10.0. The third kappa shape index (κ3) is 3.75. The lowest BCUT2D eigenvalue weighted by Gasteiger charge is -2.13. The van der Waals surface area contributed by atoms with E-state index in [2.05, 4.69) is 23.8 Å². The maximum Gasteiger partial charge on any atom is 0.154 e. The molecule has 17 heavy (non-hydrogen) atoms. The Morgan fingerprint density at radius 3 is 2.06 bits per heavy atom. The molecule has 0 spiro atoms. The Kier molecular flexibility index (Phi) is 6.08. The Labute approximate surface area is 104 Å². The molecule has 1 rings (SSSR count). The van der Waals surface area contributed by atoms with Crippen molar-refractivity contribution in [2.24, 2.45) is 5.73 Å². The number of nitrogens with zero attached hydrogens (tertiary/aromatic N) is 2. The molecule has 0 unspecified atom stereocenters. The molecular weight excluding hydrogens is 214 g/mol. The number of hydrogen-bond donors (Lipinski definition) is 1. The van der Waals surface area contributed by atoms with Gasteiger partial charge in [-0.25, -0.2) is 9.97 Å². The number of ether oxygens (including phenoxy) is 1. The van der Waals surface area contributed by atoms with Crippen LogP contribution in [0.5, 0.6) is 0 Å². The molecule has 0 aliphatic heterocycles. The van der Waals surface area contributed by atoms with Gasteiger partial charge in [0, 0.05) is 18.0 Å². The van der Waals surface area contributed by atoms with Gasteiger partial charge in [0.15, 0.2) is 5.82 Å². The van der Waals surface area contributed by atoms with E-state index in [0.717, 1.165) is 36.5 Å². The molecule has 0 amide bonds. The van der Waals surface area contributed by atoms with Crippen molar-refractivity contribution in [1.82, 2.24) is 9.97 Å². The Morgan fingerprint density at radius 1 is 1.06 bits per heavy atom.